The van der Waals surface area contributed by atoms with E-state index in [-0.39, 0.29) is 22.3 Å². The van der Waals surface area contributed by atoms with Crippen molar-refractivity contribution in [3.05, 3.63) is 50.5 Å². The van der Waals surface area contributed by atoms with Gasteiger partial charge in [0, 0.05) is 13.1 Å². The first-order valence-electron chi connectivity index (χ1n) is 5.54. The van der Waals surface area contributed by atoms with Crippen LogP contribution in [0, 0.1) is 10.1 Å². The third-order valence-corrected chi connectivity index (χ3v) is 3.31. The largest absolute Gasteiger partial charge is 0.345 e. The molecule has 9 heteroatoms. The molecule has 2 rings (SSSR count). The minimum Gasteiger partial charge on any atom is -0.345 e. The first-order chi connectivity index (χ1) is 9.49. The van der Waals surface area contributed by atoms with Gasteiger partial charge in [-0.25, -0.2) is 4.98 Å². The number of carbonyl (C=O) groups is 1. The highest BCUT2D eigenvalue weighted by Crippen LogP contribution is 2.28. The number of nitro groups is 1. The summed E-state index contributed by atoms with van der Waals surface area (Å²) in [6, 6.07) is 4.27. The second kappa shape index (κ2) is 5.78. The number of amides is 1. The van der Waals surface area contributed by atoms with Gasteiger partial charge in [0.25, 0.3) is 11.6 Å². The molecular weight excluding hydrogens is 330 g/mol. The third-order valence-electron chi connectivity index (χ3n) is 2.47. The van der Waals surface area contributed by atoms with Gasteiger partial charge in [0.15, 0.2) is 5.82 Å². The monoisotopic (exact) mass is 339 g/mol. The van der Waals surface area contributed by atoms with Crippen LogP contribution in [0.1, 0.15) is 16.2 Å². The van der Waals surface area contributed by atoms with Crippen molar-refractivity contribution in [2.75, 3.05) is 0 Å². The smallest absolute Gasteiger partial charge is 0.284 e. The van der Waals surface area contributed by atoms with E-state index in [0.717, 1.165) is 0 Å². The van der Waals surface area contributed by atoms with Crippen LogP contribution in [0.2, 0.25) is 0 Å². The molecule has 2 aromatic rings. The predicted molar refractivity (Wildman–Crippen MR) is 73.0 cm³/mol. The highest BCUT2D eigenvalue weighted by Gasteiger charge is 2.19. The first kappa shape index (κ1) is 14.1. The van der Waals surface area contributed by atoms with Gasteiger partial charge >= 0.3 is 0 Å². The van der Waals surface area contributed by atoms with Crippen molar-refractivity contribution < 1.29 is 9.72 Å². The number of benzene rings is 1. The molecule has 0 unspecified atom stereocenters. The fourth-order valence-corrected chi connectivity index (χ4v) is 2.14. The number of nitrogens with one attached hydrogen (secondary N) is 1. The number of aromatic nitrogens is 3. The summed E-state index contributed by atoms with van der Waals surface area (Å²) in [7, 11) is 1.72. The molecule has 1 aromatic carbocycles. The Hall–Kier alpha value is -2.29. The van der Waals surface area contributed by atoms with E-state index in [9.17, 15) is 14.9 Å². The van der Waals surface area contributed by atoms with E-state index in [1.165, 1.54) is 29.2 Å². The summed E-state index contributed by atoms with van der Waals surface area (Å²) in [5.74, 6) is 0.0235. The topological polar surface area (TPSA) is 103 Å². The molecule has 0 atom stereocenters. The van der Waals surface area contributed by atoms with E-state index in [0.29, 0.717) is 5.82 Å². The number of carbonyl (C=O) groups excluding carboxylic acids is 1. The van der Waals surface area contributed by atoms with Gasteiger partial charge in [0.1, 0.15) is 10.8 Å². The van der Waals surface area contributed by atoms with Crippen LogP contribution in [0.4, 0.5) is 5.69 Å². The van der Waals surface area contributed by atoms with Crippen molar-refractivity contribution in [1.82, 2.24) is 20.1 Å². The molecule has 1 aromatic heterocycles. The number of hydrogen-bond donors (Lipinski definition) is 1. The van der Waals surface area contributed by atoms with Crippen LogP contribution in [0.15, 0.2) is 29.0 Å². The lowest BCUT2D eigenvalue weighted by Gasteiger charge is -2.05. The molecular formula is C11H10BrN5O3. The Morgan fingerprint density at radius 3 is 2.90 bits per heavy atom. The van der Waals surface area contributed by atoms with E-state index in [4.69, 9.17) is 0 Å². The van der Waals surface area contributed by atoms with Crippen LogP contribution in [0.3, 0.4) is 0 Å². The molecule has 0 aliphatic rings. The summed E-state index contributed by atoms with van der Waals surface area (Å²) < 4.78 is 1.67. The maximum atomic E-state index is 12.0. The lowest BCUT2D eigenvalue weighted by molar-refractivity contribution is -0.385. The number of aryl methyl sites for hydroxylation is 1. The van der Waals surface area contributed by atoms with Crippen molar-refractivity contribution in [3.8, 4) is 0 Å². The summed E-state index contributed by atoms with van der Waals surface area (Å²) in [6.45, 7) is 0.148. The maximum Gasteiger partial charge on any atom is 0.284 e. The average molecular weight is 340 g/mol. The standard InChI is InChI=1S/C11H10BrN5O3/c1-16-6-14-9(15-16)5-13-11(18)7-3-2-4-8(10(7)12)17(19)20/h2-4,6H,5H2,1H3,(H,13,18). The van der Waals surface area contributed by atoms with Crippen LogP contribution in [-0.4, -0.2) is 25.6 Å². The second-order valence-electron chi connectivity index (χ2n) is 3.91. The molecule has 0 bridgehead atoms. The van der Waals surface area contributed by atoms with Gasteiger partial charge in [-0.3, -0.25) is 19.6 Å². The quantitative estimate of drug-likeness (QED) is 0.670. The predicted octanol–water partition coefficient (Wildman–Crippen LogP) is 1.42. The van der Waals surface area contributed by atoms with Crippen molar-refractivity contribution >= 4 is 27.5 Å². The normalized spacial score (nSPS) is 10.3. The Bertz CT molecular complexity index is 670. The highest BCUT2D eigenvalue weighted by molar-refractivity contribution is 9.10. The highest BCUT2D eigenvalue weighted by atomic mass is 79.9. The molecule has 1 heterocycles. The van der Waals surface area contributed by atoms with E-state index in [1.807, 2.05) is 0 Å². The summed E-state index contributed by atoms with van der Waals surface area (Å²) in [5, 5.41) is 17.4. The van der Waals surface area contributed by atoms with Gasteiger partial charge in [0.05, 0.1) is 17.0 Å². The fraction of sp³-hybridized carbons (Fsp3) is 0.182. The number of rotatable bonds is 4. The maximum absolute atomic E-state index is 12.0. The SMILES string of the molecule is Cn1cnc(CNC(=O)c2cccc([N+](=O)[O-])c2Br)n1. The average Bonchev–Trinajstić information content (AvgIpc) is 2.81. The zero-order chi connectivity index (χ0) is 14.7. The summed E-state index contributed by atoms with van der Waals surface area (Å²) in [6.07, 6.45) is 1.52. The molecule has 20 heavy (non-hydrogen) atoms. The van der Waals surface area contributed by atoms with Crippen LogP contribution < -0.4 is 5.32 Å². The molecule has 8 nitrogen and oxygen atoms in total. The fourth-order valence-electron chi connectivity index (χ4n) is 1.56. The van der Waals surface area contributed by atoms with Crippen LogP contribution >= 0.6 is 15.9 Å². The van der Waals surface area contributed by atoms with E-state index in [2.05, 4.69) is 31.3 Å². The Morgan fingerprint density at radius 2 is 2.30 bits per heavy atom. The van der Waals surface area contributed by atoms with Crippen LogP contribution in [0.5, 0.6) is 0 Å². The molecule has 0 aliphatic heterocycles. The van der Waals surface area contributed by atoms with E-state index in [1.54, 1.807) is 7.05 Å². The number of nitrogens with zero attached hydrogens (tertiary/aromatic N) is 4. The van der Waals surface area contributed by atoms with Gasteiger partial charge in [-0.2, -0.15) is 5.10 Å². The molecule has 0 radical (unpaired) electrons. The Labute approximate surface area is 122 Å². The Balaban J connectivity index is 2.13. The molecule has 0 saturated heterocycles. The summed E-state index contributed by atoms with van der Waals surface area (Å²) in [5.41, 5.74) is 0.0312. The van der Waals surface area contributed by atoms with Crippen molar-refractivity contribution in [2.45, 2.75) is 6.54 Å². The number of halogens is 1. The molecule has 1 amide bonds. The molecule has 0 aliphatic carbocycles. The van der Waals surface area contributed by atoms with Gasteiger partial charge in [0.2, 0.25) is 0 Å². The minimum absolute atomic E-state index is 0.148. The molecule has 0 fully saturated rings. The number of hydrogen-bond acceptors (Lipinski definition) is 5. The second-order valence-corrected chi connectivity index (χ2v) is 4.71. The van der Waals surface area contributed by atoms with Crippen molar-refractivity contribution in [2.24, 2.45) is 7.05 Å². The summed E-state index contributed by atoms with van der Waals surface area (Å²) in [4.78, 5) is 26.2. The zero-order valence-corrected chi connectivity index (χ0v) is 12.0. The van der Waals surface area contributed by atoms with E-state index < -0.39 is 10.8 Å². The minimum atomic E-state index is -0.554. The number of nitro benzene ring substituents is 1. The van der Waals surface area contributed by atoms with Gasteiger partial charge < -0.3 is 5.32 Å². The molecule has 104 valence electrons. The Morgan fingerprint density at radius 1 is 1.55 bits per heavy atom. The molecule has 0 saturated carbocycles. The molecule has 0 spiro atoms. The zero-order valence-electron chi connectivity index (χ0n) is 10.4. The first-order valence-corrected chi connectivity index (χ1v) is 6.34. The lowest BCUT2D eigenvalue weighted by atomic mass is 10.2. The van der Waals surface area contributed by atoms with Crippen molar-refractivity contribution in [1.29, 1.82) is 0 Å². The van der Waals surface area contributed by atoms with Crippen molar-refractivity contribution in [3.63, 3.8) is 0 Å². The van der Waals surface area contributed by atoms with Crippen LogP contribution in [-0.2, 0) is 13.6 Å². The lowest BCUT2D eigenvalue weighted by Crippen LogP contribution is -2.24. The third kappa shape index (κ3) is 2.99. The van der Waals surface area contributed by atoms with Gasteiger partial charge in [-0.05, 0) is 22.0 Å². The van der Waals surface area contributed by atoms with Gasteiger partial charge in [-0.15, -0.1) is 0 Å². The molecule has 1 N–H and O–H groups in total. The van der Waals surface area contributed by atoms with Gasteiger partial charge in [-0.1, -0.05) is 6.07 Å². The van der Waals surface area contributed by atoms with E-state index >= 15 is 0 Å². The Kier molecular flexibility index (Phi) is 4.08. The van der Waals surface area contributed by atoms with Crippen LogP contribution in [0.25, 0.3) is 0 Å². The summed E-state index contributed by atoms with van der Waals surface area (Å²) >= 11 is 3.07.